The third kappa shape index (κ3) is 2.23. The summed E-state index contributed by atoms with van der Waals surface area (Å²) in [4.78, 5) is 18.6. The molecule has 0 bridgehead atoms. The standard InChI is InChI=1S/C26H16N6/c1-2-6-17(7-3-1)32-25-19(8-4-13-29-25)22-24-20(16-30-26(22)32)23-21(9-5-12-28-23)31(24)18-10-14-27-15-11-18/h1-16H. The molecule has 0 saturated heterocycles. The van der Waals surface area contributed by atoms with E-state index in [0.717, 1.165) is 55.4 Å². The second kappa shape index (κ2) is 6.46. The van der Waals surface area contributed by atoms with Gasteiger partial charge in [0.15, 0.2) is 0 Å². The van der Waals surface area contributed by atoms with Crippen molar-refractivity contribution in [3.63, 3.8) is 0 Å². The Hall–Kier alpha value is -4.58. The van der Waals surface area contributed by atoms with E-state index in [1.165, 1.54) is 0 Å². The van der Waals surface area contributed by atoms with Gasteiger partial charge in [-0.05, 0) is 48.5 Å². The average molecular weight is 412 g/mol. The van der Waals surface area contributed by atoms with Crippen LogP contribution >= 0.6 is 0 Å². The van der Waals surface area contributed by atoms with Gasteiger partial charge in [-0.1, -0.05) is 18.2 Å². The van der Waals surface area contributed by atoms with E-state index in [4.69, 9.17) is 15.0 Å². The van der Waals surface area contributed by atoms with Crippen molar-refractivity contribution in [1.29, 1.82) is 0 Å². The zero-order valence-corrected chi connectivity index (χ0v) is 16.9. The molecule has 6 heterocycles. The molecule has 0 spiro atoms. The zero-order chi connectivity index (χ0) is 21.1. The normalized spacial score (nSPS) is 11.8. The van der Waals surface area contributed by atoms with Gasteiger partial charge in [-0.15, -0.1) is 0 Å². The zero-order valence-electron chi connectivity index (χ0n) is 16.9. The summed E-state index contributed by atoms with van der Waals surface area (Å²) in [5.74, 6) is 0. The molecular formula is C26H16N6. The number of rotatable bonds is 2. The average Bonchev–Trinajstić information content (AvgIpc) is 3.38. The highest BCUT2D eigenvalue weighted by atomic mass is 15.1. The van der Waals surface area contributed by atoms with Crippen molar-refractivity contribution in [2.45, 2.75) is 0 Å². The third-order valence-corrected chi connectivity index (χ3v) is 5.95. The Morgan fingerprint density at radius 2 is 1.34 bits per heavy atom. The van der Waals surface area contributed by atoms with E-state index in [0.29, 0.717) is 0 Å². The second-order valence-corrected chi connectivity index (χ2v) is 7.68. The van der Waals surface area contributed by atoms with Crippen LogP contribution in [0.25, 0.3) is 55.4 Å². The summed E-state index contributed by atoms with van der Waals surface area (Å²) < 4.78 is 4.39. The van der Waals surface area contributed by atoms with E-state index in [1.807, 2.05) is 73.4 Å². The molecule has 0 fully saturated rings. The molecule has 0 aliphatic carbocycles. The van der Waals surface area contributed by atoms with E-state index in [-0.39, 0.29) is 0 Å². The Kier molecular flexibility index (Phi) is 3.46. The molecule has 6 aromatic heterocycles. The predicted octanol–water partition coefficient (Wildman–Crippen LogP) is 5.46. The first kappa shape index (κ1) is 17.1. The molecule has 0 aliphatic heterocycles. The van der Waals surface area contributed by atoms with Crippen molar-refractivity contribution in [3.05, 3.63) is 97.7 Å². The van der Waals surface area contributed by atoms with Crippen molar-refractivity contribution in [2.75, 3.05) is 0 Å². The van der Waals surface area contributed by atoms with Gasteiger partial charge in [0.25, 0.3) is 0 Å². The number of benzene rings is 1. The van der Waals surface area contributed by atoms with Gasteiger partial charge in [0.2, 0.25) is 0 Å². The van der Waals surface area contributed by atoms with Gasteiger partial charge < -0.3 is 4.57 Å². The molecule has 7 rings (SSSR count). The molecule has 0 N–H and O–H groups in total. The van der Waals surface area contributed by atoms with Crippen LogP contribution in [-0.2, 0) is 0 Å². The van der Waals surface area contributed by atoms with Gasteiger partial charge in [0.1, 0.15) is 11.3 Å². The van der Waals surface area contributed by atoms with Crippen LogP contribution in [0.2, 0.25) is 0 Å². The van der Waals surface area contributed by atoms with Gasteiger partial charge >= 0.3 is 0 Å². The summed E-state index contributed by atoms with van der Waals surface area (Å²) in [5.41, 5.74) is 6.85. The molecular weight excluding hydrogens is 396 g/mol. The van der Waals surface area contributed by atoms with E-state index in [2.05, 4.69) is 38.4 Å². The molecule has 150 valence electrons. The first-order chi connectivity index (χ1) is 15.9. The van der Waals surface area contributed by atoms with Crippen LogP contribution in [-0.4, -0.2) is 29.1 Å². The van der Waals surface area contributed by atoms with Crippen molar-refractivity contribution >= 4 is 44.0 Å². The molecule has 6 nitrogen and oxygen atoms in total. The third-order valence-electron chi connectivity index (χ3n) is 5.95. The molecule has 0 saturated carbocycles. The van der Waals surface area contributed by atoms with Crippen LogP contribution in [0.15, 0.2) is 97.7 Å². The number of aromatic nitrogens is 6. The molecule has 0 atom stereocenters. The van der Waals surface area contributed by atoms with E-state index in [1.54, 1.807) is 0 Å². The Bertz CT molecular complexity index is 1760. The smallest absolute Gasteiger partial charge is 0.148 e. The largest absolute Gasteiger partial charge is 0.307 e. The topological polar surface area (TPSA) is 61.4 Å². The molecule has 32 heavy (non-hydrogen) atoms. The molecule has 0 unspecified atom stereocenters. The summed E-state index contributed by atoms with van der Waals surface area (Å²) in [5, 5.41) is 3.13. The van der Waals surface area contributed by atoms with Crippen molar-refractivity contribution in [1.82, 2.24) is 29.1 Å². The number of para-hydroxylation sites is 1. The molecule has 0 amide bonds. The first-order valence-corrected chi connectivity index (χ1v) is 10.4. The number of hydrogen-bond donors (Lipinski definition) is 0. The molecule has 0 radical (unpaired) electrons. The summed E-state index contributed by atoms with van der Waals surface area (Å²) in [7, 11) is 0. The summed E-state index contributed by atoms with van der Waals surface area (Å²) >= 11 is 0. The van der Waals surface area contributed by atoms with Gasteiger partial charge in [-0.3, -0.25) is 14.5 Å². The van der Waals surface area contributed by atoms with E-state index >= 15 is 0 Å². The van der Waals surface area contributed by atoms with E-state index < -0.39 is 0 Å². The lowest BCUT2D eigenvalue weighted by molar-refractivity contribution is 1.10. The molecule has 1 aromatic carbocycles. The van der Waals surface area contributed by atoms with Crippen LogP contribution in [0.1, 0.15) is 0 Å². The van der Waals surface area contributed by atoms with Gasteiger partial charge in [-0.2, -0.15) is 0 Å². The van der Waals surface area contributed by atoms with Crippen LogP contribution in [0.4, 0.5) is 0 Å². The lowest BCUT2D eigenvalue weighted by atomic mass is 10.2. The lowest BCUT2D eigenvalue weighted by Crippen LogP contribution is -1.97. The fourth-order valence-electron chi connectivity index (χ4n) is 4.67. The number of nitrogens with zero attached hydrogens (tertiary/aromatic N) is 6. The second-order valence-electron chi connectivity index (χ2n) is 7.68. The predicted molar refractivity (Wildman–Crippen MR) is 126 cm³/mol. The minimum atomic E-state index is 0.871. The first-order valence-electron chi connectivity index (χ1n) is 10.4. The van der Waals surface area contributed by atoms with Crippen molar-refractivity contribution < 1.29 is 0 Å². The van der Waals surface area contributed by atoms with Crippen LogP contribution in [0.3, 0.4) is 0 Å². The van der Waals surface area contributed by atoms with Crippen LogP contribution < -0.4 is 0 Å². The van der Waals surface area contributed by atoms with Gasteiger partial charge in [0.05, 0.1) is 21.9 Å². The number of hydrogen-bond acceptors (Lipinski definition) is 4. The maximum atomic E-state index is 4.94. The summed E-state index contributed by atoms with van der Waals surface area (Å²) in [6.07, 6.45) is 9.23. The molecule has 6 heteroatoms. The maximum Gasteiger partial charge on any atom is 0.148 e. The fourth-order valence-corrected chi connectivity index (χ4v) is 4.67. The highest BCUT2D eigenvalue weighted by Gasteiger charge is 2.22. The van der Waals surface area contributed by atoms with Crippen molar-refractivity contribution in [3.8, 4) is 11.4 Å². The van der Waals surface area contributed by atoms with Gasteiger partial charge in [0, 0.05) is 53.1 Å². The number of fused-ring (bicyclic) bond motifs is 7. The minimum absolute atomic E-state index is 0.871. The SMILES string of the molecule is c1ccc(-n2c3ncccc3c3c2ncc2c4ncccc4n(-c4ccncc4)c23)cc1. The quantitative estimate of drug-likeness (QED) is 0.378. The summed E-state index contributed by atoms with van der Waals surface area (Å²) in [6, 6.07) is 22.5. The Balaban J connectivity index is 1.77. The summed E-state index contributed by atoms with van der Waals surface area (Å²) in [6.45, 7) is 0. The van der Waals surface area contributed by atoms with Crippen molar-refractivity contribution in [2.24, 2.45) is 0 Å². The maximum absolute atomic E-state index is 4.94. The fraction of sp³-hybridized carbons (Fsp3) is 0. The highest BCUT2D eigenvalue weighted by Crippen LogP contribution is 2.39. The Morgan fingerprint density at radius 3 is 2.22 bits per heavy atom. The molecule has 0 aliphatic rings. The monoisotopic (exact) mass is 412 g/mol. The number of pyridine rings is 4. The highest BCUT2D eigenvalue weighted by molar-refractivity contribution is 6.23. The molecule has 7 aromatic rings. The minimum Gasteiger partial charge on any atom is -0.307 e. The van der Waals surface area contributed by atoms with Gasteiger partial charge in [-0.25, -0.2) is 9.97 Å². The van der Waals surface area contributed by atoms with Crippen LogP contribution in [0.5, 0.6) is 0 Å². The van der Waals surface area contributed by atoms with E-state index in [9.17, 15) is 0 Å². The Labute approximate surface area is 182 Å². The van der Waals surface area contributed by atoms with Crippen LogP contribution in [0, 0.1) is 0 Å². The lowest BCUT2D eigenvalue weighted by Gasteiger charge is -2.08. The Morgan fingerprint density at radius 1 is 0.562 bits per heavy atom.